The van der Waals surface area contributed by atoms with Crippen molar-refractivity contribution >= 4 is 17.3 Å². The van der Waals surface area contributed by atoms with Crippen molar-refractivity contribution in [1.29, 1.82) is 0 Å². The van der Waals surface area contributed by atoms with Crippen LogP contribution < -0.4 is 10.6 Å². The summed E-state index contributed by atoms with van der Waals surface area (Å²) in [6.45, 7) is 8.25. The van der Waals surface area contributed by atoms with Gasteiger partial charge < -0.3 is 10.6 Å². The molecule has 0 aliphatic heterocycles. The van der Waals surface area contributed by atoms with Gasteiger partial charge in [-0.25, -0.2) is 0 Å². The van der Waals surface area contributed by atoms with Gasteiger partial charge in [-0.15, -0.1) is 0 Å². The Balaban J connectivity index is 2.38. The van der Waals surface area contributed by atoms with E-state index < -0.39 is 0 Å². The van der Waals surface area contributed by atoms with Crippen molar-refractivity contribution < 1.29 is 4.79 Å². The molecule has 1 aromatic carbocycles. The molecule has 1 aromatic rings. The normalized spacial score (nSPS) is 12.2. The molecule has 0 saturated heterocycles. The van der Waals surface area contributed by atoms with Crippen LogP contribution in [0.5, 0.6) is 0 Å². The third kappa shape index (κ3) is 7.16. The number of hydrogen-bond donors (Lipinski definition) is 2. The van der Waals surface area contributed by atoms with E-state index in [0.717, 1.165) is 11.4 Å². The molecule has 1 atom stereocenters. The third-order valence-electron chi connectivity index (χ3n) is 3.58. The molecule has 0 aliphatic carbocycles. The second-order valence-electron chi connectivity index (χ2n) is 6.12. The van der Waals surface area contributed by atoms with Crippen LogP contribution in [-0.4, -0.2) is 11.9 Å². The minimum absolute atomic E-state index is 0.00550. The zero-order valence-electron chi connectivity index (χ0n) is 13.9. The first kappa shape index (κ1) is 17.5. The fraction of sp³-hybridized carbons (Fsp3) is 0.611. The lowest BCUT2D eigenvalue weighted by Gasteiger charge is -2.16. The largest absolute Gasteiger partial charge is 0.383 e. The summed E-state index contributed by atoms with van der Waals surface area (Å²) < 4.78 is 0. The van der Waals surface area contributed by atoms with Crippen molar-refractivity contribution in [3.05, 3.63) is 24.3 Å². The molecule has 1 amide bonds. The van der Waals surface area contributed by atoms with Crippen LogP contribution in [0.4, 0.5) is 11.4 Å². The second kappa shape index (κ2) is 9.43. The Hall–Kier alpha value is -1.51. The van der Waals surface area contributed by atoms with Gasteiger partial charge in [0, 0.05) is 23.3 Å². The number of carbonyl (C=O) groups excluding carboxylic acids is 1. The maximum Gasteiger partial charge on any atom is 0.226 e. The Kier molecular flexibility index (Phi) is 7.88. The lowest BCUT2D eigenvalue weighted by Crippen LogP contribution is -2.18. The van der Waals surface area contributed by atoms with E-state index in [-0.39, 0.29) is 11.8 Å². The van der Waals surface area contributed by atoms with Gasteiger partial charge in [0.25, 0.3) is 0 Å². The molecule has 3 nitrogen and oxygen atoms in total. The molecule has 0 saturated carbocycles. The van der Waals surface area contributed by atoms with E-state index >= 15 is 0 Å². The second-order valence-corrected chi connectivity index (χ2v) is 6.12. The molecule has 21 heavy (non-hydrogen) atoms. The number of nitrogens with one attached hydrogen (secondary N) is 2. The molecule has 3 heteroatoms. The molecule has 0 fully saturated rings. The molecule has 0 radical (unpaired) electrons. The average molecular weight is 290 g/mol. The summed E-state index contributed by atoms with van der Waals surface area (Å²) in [5, 5.41) is 6.41. The molecule has 0 bridgehead atoms. The molecular formula is C18H30N2O. The minimum Gasteiger partial charge on any atom is -0.383 e. The molecule has 1 rings (SSSR count). The number of hydrogen-bond acceptors (Lipinski definition) is 2. The van der Waals surface area contributed by atoms with Gasteiger partial charge >= 0.3 is 0 Å². The Morgan fingerprint density at radius 1 is 1.00 bits per heavy atom. The van der Waals surface area contributed by atoms with E-state index in [0.29, 0.717) is 6.04 Å². The van der Waals surface area contributed by atoms with Gasteiger partial charge in [0.15, 0.2) is 0 Å². The number of amides is 1. The number of rotatable bonds is 9. The fourth-order valence-electron chi connectivity index (χ4n) is 2.17. The summed E-state index contributed by atoms with van der Waals surface area (Å²) in [7, 11) is 0. The van der Waals surface area contributed by atoms with Crippen LogP contribution in [0.1, 0.15) is 59.8 Å². The molecule has 0 aromatic heterocycles. The zero-order chi connectivity index (χ0) is 15.7. The van der Waals surface area contributed by atoms with Gasteiger partial charge in [-0.2, -0.15) is 0 Å². The SMILES string of the molecule is CCCCCCC(C)Nc1ccc(NC(=O)C(C)C)cc1. The van der Waals surface area contributed by atoms with E-state index in [9.17, 15) is 4.79 Å². The molecule has 2 N–H and O–H groups in total. The van der Waals surface area contributed by atoms with E-state index in [4.69, 9.17) is 0 Å². The summed E-state index contributed by atoms with van der Waals surface area (Å²) >= 11 is 0. The number of benzene rings is 1. The first-order valence-electron chi connectivity index (χ1n) is 8.20. The lowest BCUT2D eigenvalue weighted by atomic mass is 10.1. The van der Waals surface area contributed by atoms with E-state index in [2.05, 4.69) is 24.5 Å². The highest BCUT2D eigenvalue weighted by molar-refractivity contribution is 5.92. The average Bonchev–Trinajstić information content (AvgIpc) is 2.45. The number of carbonyl (C=O) groups is 1. The van der Waals surface area contributed by atoms with Gasteiger partial charge in [0.1, 0.15) is 0 Å². The van der Waals surface area contributed by atoms with Crippen LogP contribution in [0.25, 0.3) is 0 Å². The summed E-state index contributed by atoms with van der Waals surface area (Å²) in [5.41, 5.74) is 1.97. The summed E-state index contributed by atoms with van der Waals surface area (Å²) in [6.07, 6.45) is 6.42. The first-order chi connectivity index (χ1) is 10.0. The Morgan fingerprint density at radius 2 is 1.62 bits per heavy atom. The zero-order valence-corrected chi connectivity index (χ0v) is 13.9. The van der Waals surface area contributed by atoms with Crippen molar-refractivity contribution in [3.63, 3.8) is 0 Å². The van der Waals surface area contributed by atoms with Crippen molar-refractivity contribution in [2.45, 2.75) is 65.8 Å². The standard InChI is InChI=1S/C18H30N2O/c1-5-6-7-8-9-15(4)19-16-10-12-17(13-11-16)20-18(21)14(2)3/h10-15,19H,5-9H2,1-4H3,(H,20,21). The molecule has 0 heterocycles. The lowest BCUT2D eigenvalue weighted by molar-refractivity contribution is -0.118. The van der Waals surface area contributed by atoms with Crippen molar-refractivity contribution in [2.75, 3.05) is 10.6 Å². The smallest absolute Gasteiger partial charge is 0.226 e. The Morgan fingerprint density at radius 3 is 2.19 bits per heavy atom. The highest BCUT2D eigenvalue weighted by Gasteiger charge is 2.07. The molecule has 0 spiro atoms. The van der Waals surface area contributed by atoms with Gasteiger partial charge in [0.2, 0.25) is 5.91 Å². The van der Waals surface area contributed by atoms with E-state index in [1.54, 1.807) is 0 Å². The predicted octanol–water partition coefficient (Wildman–Crippen LogP) is 5.05. The third-order valence-corrected chi connectivity index (χ3v) is 3.58. The predicted molar refractivity (Wildman–Crippen MR) is 91.8 cm³/mol. The van der Waals surface area contributed by atoms with Crippen LogP contribution in [-0.2, 0) is 4.79 Å². The highest BCUT2D eigenvalue weighted by Crippen LogP contribution is 2.16. The van der Waals surface area contributed by atoms with Crippen LogP contribution in [0.2, 0.25) is 0 Å². The Labute approximate surface area is 129 Å². The van der Waals surface area contributed by atoms with E-state index in [1.165, 1.54) is 32.1 Å². The highest BCUT2D eigenvalue weighted by atomic mass is 16.1. The summed E-state index contributed by atoms with van der Waals surface area (Å²) in [6, 6.07) is 8.44. The van der Waals surface area contributed by atoms with Crippen molar-refractivity contribution in [3.8, 4) is 0 Å². The number of anilines is 2. The molecule has 118 valence electrons. The fourth-order valence-corrected chi connectivity index (χ4v) is 2.17. The van der Waals surface area contributed by atoms with Crippen molar-refractivity contribution in [1.82, 2.24) is 0 Å². The quantitative estimate of drug-likeness (QED) is 0.625. The molecular weight excluding hydrogens is 260 g/mol. The van der Waals surface area contributed by atoms with Crippen LogP contribution in [0.3, 0.4) is 0 Å². The van der Waals surface area contributed by atoms with Gasteiger partial charge in [-0.3, -0.25) is 4.79 Å². The van der Waals surface area contributed by atoms with Gasteiger partial charge in [-0.1, -0.05) is 46.5 Å². The summed E-state index contributed by atoms with van der Waals surface area (Å²) in [5.74, 6) is 0.0611. The van der Waals surface area contributed by atoms with Crippen molar-refractivity contribution in [2.24, 2.45) is 5.92 Å². The summed E-state index contributed by atoms with van der Waals surface area (Å²) in [4.78, 5) is 11.6. The maximum atomic E-state index is 11.6. The maximum absolute atomic E-state index is 11.6. The molecule has 0 aliphatic rings. The monoisotopic (exact) mass is 290 g/mol. The van der Waals surface area contributed by atoms with Gasteiger partial charge in [0.05, 0.1) is 0 Å². The minimum atomic E-state index is 0.00550. The van der Waals surface area contributed by atoms with Crippen LogP contribution >= 0.6 is 0 Å². The topological polar surface area (TPSA) is 41.1 Å². The first-order valence-corrected chi connectivity index (χ1v) is 8.20. The van der Waals surface area contributed by atoms with Gasteiger partial charge in [-0.05, 0) is 37.6 Å². The number of unbranched alkanes of at least 4 members (excludes halogenated alkanes) is 3. The van der Waals surface area contributed by atoms with Crippen LogP contribution in [0, 0.1) is 5.92 Å². The van der Waals surface area contributed by atoms with E-state index in [1.807, 2.05) is 38.1 Å². The molecule has 1 unspecified atom stereocenters. The van der Waals surface area contributed by atoms with Crippen LogP contribution in [0.15, 0.2) is 24.3 Å². The Bertz CT molecular complexity index is 412.